The number of amides is 3. The van der Waals surface area contributed by atoms with Gasteiger partial charge >= 0.3 is 6.09 Å². The maximum Gasteiger partial charge on any atom is 0.407 e. The Bertz CT molecular complexity index is 1740. The van der Waals surface area contributed by atoms with Crippen LogP contribution in [0.3, 0.4) is 0 Å². The van der Waals surface area contributed by atoms with Crippen molar-refractivity contribution in [2.75, 3.05) is 20.2 Å². The zero-order valence-electron chi connectivity index (χ0n) is 31.1. The average molecular weight is 695 g/mol. The lowest BCUT2D eigenvalue weighted by atomic mass is 9.96. The Balaban J connectivity index is 1.03. The van der Waals surface area contributed by atoms with E-state index in [-0.39, 0.29) is 35.7 Å². The number of aromatic amines is 1. The van der Waals surface area contributed by atoms with Crippen LogP contribution in [-0.2, 0) is 33.6 Å². The lowest BCUT2D eigenvalue weighted by Gasteiger charge is -2.30. The van der Waals surface area contributed by atoms with Crippen LogP contribution in [0.25, 0.3) is 11.3 Å². The van der Waals surface area contributed by atoms with Gasteiger partial charge in [-0.15, -0.1) is 0 Å². The van der Waals surface area contributed by atoms with Gasteiger partial charge in [0.1, 0.15) is 11.9 Å². The van der Waals surface area contributed by atoms with Gasteiger partial charge in [-0.1, -0.05) is 71.0 Å². The van der Waals surface area contributed by atoms with Gasteiger partial charge in [-0.05, 0) is 85.1 Å². The predicted molar refractivity (Wildman–Crippen MR) is 200 cm³/mol. The highest BCUT2D eigenvalue weighted by Crippen LogP contribution is 2.35. The molecule has 10 nitrogen and oxygen atoms in total. The van der Waals surface area contributed by atoms with Crippen LogP contribution in [0.4, 0.5) is 10.5 Å². The number of H-pyrrole nitrogens is 1. The normalized spacial score (nSPS) is 19.7. The van der Waals surface area contributed by atoms with Crippen LogP contribution in [0, 0.1) is 17.8 Å². The van der Waals surface area contributed by atoms with Crippen molar-refractivity contribution in [3.05, 3.63) is 71.2 Å². The molecule has 0 bridgehead atoms. The molecule has 3 amide bonds. The van der Waals surface area contributed by atoms with E-state index in [1.807, 2.05) is 36.8 Å². The number of likely N-dealkylation sites (tertiary alicyclic amines) is 2. The minimum atomic E-state index is -0.631. The van der Waals surface area contributed by atoms with Crippen LogP contribution in [0.5, 0.6) is 0 Å². The number of benzene rings is 2. The molecule has 3 aromatic rings. The molecule has 0 saturated carbocycles. The molecule has 51 heavy (non-hydrogen) atoms. The van der Waals surface area contributed by atoms with Gasteiger partial charge in [0.2, 0.25) is 11.8 Å². The van der Waals surface area contributed by atoms with Crippen LogP contribution in [0.2, 0.25) is 0 Å². The third-order valence-corrected chi connectivity index (χ3v) is 11.1. The molecular formula is C41H54N6O4. The van der Waals surface area contributed by atoms with Crippen LogP contribution in [-0.4, -0.2) is 75.7 Å². The second kappa shape index (κ2) is 15.8. The summed E-state index contributed by atoms with van der Waals surface area (Å²) in [7, 11) is 1.31. The second-order valence-corrected chi connectivity index (χ2v) is 15.2. The number of aliphatic imine (C=N–C) groups is 1. The SMILES string of the molecule is COC(=O)N[C@H](C(=O)N1CCC[C@H]1C1=Nc2cc(CCCc3ccc(-c4cnc([C@@H]5CCCN5C(=O)[C@@H](C)C(C)C)[nH]4)cc3)ccc2C1)C(C)C. The smallest absolute Gasteiger partial charge is 0.407 e. The molecule has 0 spiro atoms. The number of ether oxygens (including phenoxy) is 1. The number of rotatable bonds is 12. The molecule has 10 heteroatoms. The monoisotopic (exact) mass is 694 g/mol. The maximum atomic E-state index is 13.6. The number of methoxy groups -OCH3 is 1. The Morgan fingerprint density at radius 3 is 2.24 bits per heavy atom. The molecule has 0 radical (unpaired) electrons. The molecule has 6 rings (SSSR count). The number of hydrogen-bond acceptors (Lipinski definition) is 6. The number of aromatic nitrogens is 2. The quantitative estimate of drug-likeness (QED) is 0.208. The summed E-state index contributed by atoms with van der Waals surface area (Å²) in [5, 5.41) is 2.73. The van der Waals surface area contributed by atoms with Crippen LogP contribution in [0.1, 0.15) is 95.3 Å². The third kappa shape index (κ3) is 8.05. The highest BCUT2D eigenvalue weighted by Gasteiger charge is 2.39. The first-order chi connectivity index (χ1) is 24.5. The summed E-state index contributed by atoms with van der Waals surface area (Å²) in [4.78, 5) is 55.8. The van der Waals surface area contributed by atoms with E-state index < -0.39 is 12.1 Å². The lowest BCUT2D eigenvalue weighted by molar-refractivity contribution is -0.137. The summed E-state index contributed by atoms with van der Waals surface area (Å²) in [6.45, 7) is 11.6. The number of nitrogens with one attached hydrogen (secondary N) is 2. The van der Waals surface area contributed by atoms with Gasteiger partial charge in [0, 0.05) is 31.1 Å². The van der Waals surface area contributed by atoms with E-state index in [1.165, 1.54) is 23.8 Å². The van der Waals surface area contributed by atoms with Crippen LogP contribution < -0.4 is 5.32 Å². The summed E-state index contributed by atoms with van der Waals surface area (Å²) in [6.07, 6.45) is 8.76. The molecule has 0 unspecified atom stereocenters. The largest absolute Gasteiger partial charge is 0.453 e. The maximum absolute atomic E-state index is 13.6. The summed E-state index contributed by atoms with van der Waals surface area (Å²) in [6, 6.07) is 14.7. The fourth-order valence-electron chi connectivity index (χ4n) is 7.72. The number of imidazole rings is 1. The predicted octanol–water partition coefficient (Wildman–Crippen LogP) is 7.21. The molecule has 2 N–H and O–H groups in total. The van der Waals surface area contributed by atoms with Gasteiger partial charge in [-0.3, -0.25) is 14.6 Å². The molecule has 3 aliphatic rings. The van der Waals surface area contributed by atoms with Crippen molar-refractivity contribution in [2.45, 2.75) is 104 Å². The lowest BCUT2D eigenvalue weighted by Crippen LogP contribution is -2.53. The van der Waals surface area contributed by atoms with Gasteiger partial charge < -0.3 is 24.8 Å². The number of alkyl carbamates (subject to hydrolysis) is 1. The Morgan fingerprint density at radius 2 is 1.55 bits per heavy atom. The fourth-order valence-corrected chi connectivity index (χ4v) is 7.72. The second-order valence-electron chi connectivity index (χ2n) is 15.2. The number of nitrogens with zero attached hydrogens (tertiary/aromatic N) is 4. The van der Waals surface area contributed by atoms with Gasteiger partial charge in [-0.25, -0.2) is 9.78 Å². The van der Waals surface area contributed by atoms with Crippen molar-refractivity contribution in [2.24, 2.45) is 22.7 Å². The van der Waals surface area contributed by atoms with Crippen molar-refractivity contribution < 1.29 is 19.1 Å². The molecule has 4 atom stereocenters. The van der Waals surface area contributed by atoms with Crippen molar-refractivity contribution in [3.8, 4) is 11.3 Å². The highest BCUT2D eigenvalue weighted by molar-refractivity contribution is 6.01. The fraction of sp³-hybridized carbons (Fsp3) is 0.537. The molecule has 2 saturated heterocycles. The van der Waals surface area contributed by atoms with E-state index in [0.717, 1.165) is 86.4 Å². The van der Waals surface area contributed by atoms with Gasteiger partial charge in [-0.2, -0.15) is 0 Å². The number of carbonyl (C=O) groups excluding carboxylic acids is 3. The summed E-state index contributed by atoms with van der Waals surface area (Å²) < 4.78 is 4.77. The van der Waals surface area contributed by atoms with E-state index >= 15 is 0 Å². The summed E-state index contributed by atoms with van der Waals surface area (Å²) in [5.41, 5.74) is 7.89. The first-order valence-corrected chi connectivity index (χ1v) is 18.8. The first kappa shape index (κ1) is 36.3. The van der Waals surface area contributed by atoms with Crippen molar-refractivity contribution in [3.63, 3.8) is 0 Å². The number of fused-ring (bicyclic) bond motifs is 1. The van der Waals surface area contributed by atoms with Gasteiger partial charge in [0.15, 0.2) is 0 Å². The molecule has 2 fully saturated rings. The molecule has 272 valence electrons. The number of aryl methyl sites for hydroxylation is 2. The number of carbonyl (C=O) groups is 3. The Morgan fingerprint density at radius 1 is 0.882 bits per heavy atom. The van der Waals surface area contributed by atoms with E-state index in [2.05, 4.69) is 66.6 Å². The van der Waals surface area contributed by atoms with Crippen molar-refractivity contribution >= 4 is 29.3 Å². The molecule has 1 aromatic heterocycles. The van der Waals surface area contributed by atoms with Crippen molar-refractivity contribution in [1.29, 1.82) is 0 Å². The number of hydrogen-bond donors (Lipinski definition) is 2. The Labute approximate surface area is 302 Å². The molecular weight excluding hydrogens is 640 g/mol. The minimum absolute atomic E-state index is 0.00565. The summed E-state index contributed by atoms with van der Waals surface area (Å²) in [5.74, 6) is 1.30. The van der Waals surface area contributed by atoms with E-state index in [0.29, 0.717) is 12.5 Å². The highest BCUT2D eigenvalue weighted by atomic mass is 16.5. The molecule has 2 aromatic carbocycles. The van der Waals surface area contributed by atoms with E-state index in [1.54, 1.807) is 0 Å². The molecule has 4 heterocycles. The Hall–Kier alpha value is -4.47. The van der Waals surface area contributed by atoms with Crippen molar-refractivity contribution in [1.82, 2.24) is 25.1 Å². The zero-order valence-corrected chi connectivity index (χ0v) is 31.1. The average Bonchev–Trinajstić information content (AvgIpc) is 3.95. The zero-order chi connectivity index (χ0) is 36.2. The minimum Gasteiger partial charge on any atom is -0.453 e. The Kier molecular flexibility index (Phi) is 11.3. The first-order valence-electron chi connectivity index (χ1n) is 18.8. The molecule has 3 aliphatic heterocycles. The van der Waals surface area contributed by atoms with E-state index in [4.69, 9.17) is 14.7 Å². The summed E-state index contributed by atoms with van der Waals surface area (Å²) >= 11 is 0. The standard InChI is InChI=1S/C41H54N6O4/c1-25(2)27(5)39(48)47-21-9-13-36(47)38-42-24-34(44-38)30-17-14-28(15-18-30)10-7-11-29-16-19-31-23-33(43-32(31)22-29)35-12-8-20-46(35)40(49)37(26(3)4)45-41(50)51-6/h14-19,22,24-27,35-37H,7-13,20-21,23H2,1-6H3,(H,42,44)(H,45,50)/t27-,35-,36-,37-/m0/s1. The van der Waals surface area contributed by atoms with Crippen LogP contribution >= 0.6 is 0 Å². The molecule has 0 aliphatic carbocycles. The van der Waals surface area contributed by atoms with Crippen LogP contribution in [0.15, 0.2) is 53.7 Å². The van der Waals surface area contributed by atoms with E-state index in [9.17, 15) is 14.4 Å². The van der Waals surface area contributed by atoms with Gasteiger partial charge in [0.25, 0.3) is 0 Å². The topological polar surface area (TPSA) is 120 Å². The third-order valence-electron chi connectivity index (χ3n) is 11.1. The van der Waals surface area contributed by atoms with Gasteiger partial charge in [0.05, 0.1) is 36.8 Å².